The summed E-state index contributed by atoms with van der Waals surface area (Å²) in [6, 6.07) is 9.21. The van der Waals surface area contributed by atoms with Gasteiger partial charge in [-0.3, -0.25) is 14.6 Å². The van der Waals surface area contributed by atoms with E-state index in [0.29, 0.717) is 36.4 Å². The highest BCUT2D eigenvalue weighted by atomic mass is 19.1. The maximum atomic E-state index is 14.3. The standard InChI is InChI=1S/C34H46FN7O4/c1-21-14-38(26(13-36-21)15-39-16-27-12-25(39)18-46-27)17-29(43)40-19-33(2,3)30-28(40)11-23(10-22-6-8-24(35)9-7-22)31-37-41(20-34(4,5)45)32(44)42(30)31/h6-9,11,21,25-27,36,45H,10,12-20H2,1-5H3/t21-,25-,26-,27-/m1/s1. The Morgan fingerprint density at radius 1 is 1.20 bits per heavy atom. The number of nitrogens with zero attached hydrogens (tertiary/aromatic N) is 6. The Morgan fingerprint density at radius 3 is 2.63 bits per heavy atom. The average Bonchev–Trinajstić information content (AvgIpc) is 3.73. The molecule has 3 saturated heterocycles. The minimum Gasteiger partial charge on any atom is -0.389 e. The van der Waals surface area contributed by atoms with E-state index in [-0.39, 0.29) is 42.6 Å². The van der Waals surface area contributed by atoms with Crippen LogP contribution in [0.1, 0.15) is 57.9 Å². The summed E-state index contributed by atoms with van der Waals surface area (Å²) in [5.41, 5.74) is 1.51. The molecular formula is C34H46FN7O4. The maximum Gasteiger partial charge on any atom is 0.350 e. The minimum absolute atomic E-state index is 0.00113. The zero-order valence-corrected chi connectivity index (χ0v) is 27.5. The largest absolute Gasteiger partial charge is 0.389 e. The molecule has 2 aromatic heterocycles. The highest BCUT2D eigenvalue weighted by molar-refractivity contribution is 5.98. The quantitative estimate of drug-likeness (QED) is 0.386. The number of fused-ring (bicyclic) bond motifs is 5. The Bertz CT molecular complexity index is 1690. The molecule has 11 nitrogen and oxygen atoms in total. The number of carbonyl (C=O) groups excluding carboxylic acids is 1. The molecule has 4 atom stereocenters. The Balaban J connectivity index is 1.24. The summed E-state index contributed by atoms with van der Waals surface area (Å²) < 4.78 is 22.5. The molecule has 1 amide bonds. The van der Waals surface area contributed by atoms with Crippen LogP contribution in [0.3, 0.4) is 0 Å². The first-order valence-corrected chi connectivity index (χ1v) is 16.5. The van der Waals surface area contributed by atoms with Crippen molar-refractivity contribution >= 4 is 17.2 Å². The van der Waals surface area contributed by atoms with Crippen LogP contribution >= 0.6 is 0 Å². The molecular weight excluding hydrogens is 589 g/mol. The van der Waals surface area contributed by atoms with Crippen LogP contribution in [0.25, 0.3) is 5.65 Å². The van der Waals surface area contributed by atoms with Crippen molar-refractivity contribution in [3.05, 3.63) is 63.5 Å². The fraction of sp³-hybridized carbons (Fsp3) is 0.618. The second kappa shape index (κ2) is 11.5. The number of carbonyl (C=O) groups is 1. The molecule has 46 heavy (non-hydrogen) atoms. The van der Waals surface area contributed by atoms with Gasteiger partial charge in [0, 0.05) is 68.2 Å². The number of pyridine rings is 1. The fourth-order valence-electron chi connectivity index (χ4n) is 7.92. The van der Waals surface area contributed by atoms with Crippen molar-refractivity contribution in [2.75, 3.05) is 50.8 Å². The van der Waals surface area contributed by atoms with Crippen molar-refractivity contribution in [3.8, 4) is 0 Å². The molecule has 1 aromatic carbocycles. The number of morpholine rings is 1. The Morgan fingerprint density at radius 2 is 1.96 bits per heavy atom. The number of benzene rings is 1. The van der Waals surface area contributed by atoms with E-state index in [1.807, 2.05) is 11.0 Å². The highest BCUT2D eigenvalue weighted by Crippen LogP contribution is 2.42. The Hall–Kier alpha value is -3.16. The molecule has 3 fully saturated rings. The van der Waals surface area contributed by atoms with Crippen molar-refractivity contribution in [1.29, 1.82) is 0 Å². The van der Waals surface area contributed by atoms with Crippen molar-refractivity contribution in [3.63, 3.8) is 0 Å². The minimum atomic E-state index is -1.15. The first kappa shape index (κ1) is 31.4. The van der Waals surface area contributed by atoms with Crippen LogP contribution in [0.5, 0.6) is 0 Å². The zero-order chi connectivity index (χ0) is 32.5. The van der Waals surface area contributed by atoms with Crippen molar-refractivity contribution < 1.29 is 19.0 Å². The smallest absolute Gasteiger partial charge is 0.350 e. The monoisotopic (exact) mass is 635 g/mol. The number of likely N-dealkylation sites (tertiary alicyclic amines) is 1. The molecule has 6 heterocycles. The molecule has 3 aromatic rings. The molecule has 4 aliphatic heterocycles. The molecule has 0 saturated carbocycles. The number of nitrogens with one attached hydrogen (secondary N) is 1. The van der Waals surface area contributed by atoms with E-state index in [9.17, 15) is 19.1 Å². The van der Waals surface area contributed by atoms with E-state index in [1.165, 1.54) is 16.8 Å². The van der Waals surface area contributed by atoms with Crippen molar-refractivity contribution in [2.24, 2.45) is 0 Å². The van der Waals surface area contributed by atoms with E-state index in [2.05, 4.69) is 35.9 Å². The van der Waals surface area contributed by atoms with Crippen LogP contribution in [0.15, 0.2) is 35.1 Å². The predicted octanol–water partition coefficient (Wildman–Crippen LogP) is 1.76. The van der Waals surface area contributed by atoms with E-state index in [0.717, 1.165) is 56.0 Å². The van der Waals surface area contributed by atoms with E-state index >= 15 is 0 Å². The second-order valence-corrected chi connectivity index (χ2v) is 15.2. The van der Waals surface area contributed by atoms with Gasteiger partial charge in [0.05, 0.1) is 42.8 Å². The predicted molar refractivity (Wildman–Crippen MR) is 173 cm³/mol. The molecule has 2 bridgehead atoms. The summed E-state index contributed by atoms with van der Waals surface area (Å²) in [6.45, 7) is 14.5. The van der Waals surface area contributed by atoms with Crippen molar-refractivity contribution in [1.82, 2.24) is 29.3 Å². The lowest BCUT2D eigenvalue weighted by atomic mass is 9.90. The number of aromatic nitrogens is 3. The van der Waals surface area contributed by atoms with Gasteiger partial charge in [-0.2, -0.15) is 0 Å². The molecule has 0 spiro atoms. The topological polar surface area (TPSA) is 108 Å². The molecule has 0 unspecified atom stereocenters. The van der Waals surface area contributed by atoms with Crippen LogP contribution in [0.4, 0.5) is 10.1 Å². The first-order valence-electron chi connectivity index (χ1n) is 16.5. The highest BCUT2D eigenvalue weighted by Gasteiger charge is 2.44. The number of ether oxygens (including phenoxy) is 1. The number of rotatable bonds is 8. The molecule has 7 rings (SSSR count). The molecule has 0 radical (unpaired) electrons. The lowest BCUT2D eigenvalue weighted by molar-refractivity contribution is -0.121. The summed E-state index contributed by atoms with van der Waals surface area (Å²) in [7, 11) is 0. The summed E-state index contributed by atoms with van der Waals surface area (Å²) >= 11 is 0. The number of amides is 1. The lowest BCUT2D eigenvalue weighted by Gasteiger charge is -2.42. The Labute approximate surface area is 268 Å². The second-order valence-electron chi connectivity index (χ2n) is 15.2. The van der Waals surface area contributed by atoms with E-state index in [4.69, 9.17) is 9.84 Å². The van der Waals surface area contributed by atoms with Gasteiger partial charge in [0.2, 0.25) is 5.91 Å². The lowest BCUT2D eigenvalue weighted by Crippen LogP contribution is -2.61. The zero-order valence-electron chi connectivity index (χ0n) is 27.5. The summed E-state index contributed by atoms with van der Waals surface area (Å²) in [5, 5.41) is 18.9. The van der Waals surface area contributed by atoms with Gasteiger partial charge in [0.25, 0.3) is 0 Å². The summed E-state index contributed by atoms with van der Waals surface area (Å²) in [5.74, 6) is -0.320. The van der Waals surface area contributed by atoms with Crippen molar-refractivity contribution in [2.45, 2.75) is 89.3 Å². The van der Waals surface area contributed by atoms with Crippen LogP contribution in [0.2, 0.25) is 0 Å². The maximum absolute atomic E-state index is 14.3. The van der Waals surface area contributed by atoms with Gasteiger partial charge in [-0.1, -0.05) is 26.0 Å². The average molecular weight is 636 g/mol. The first-order chi connectivity index (χ1) is 21.8. The van der Waals surface area contributed by atoms with Gasteiger partial charge < -0.3 is 20.1 Å². The third-order valence-corrected chi connectivity index (χ3v) is 10.1. The Kier molecular flexibility index (Phi) is 7.87. The van der Waals surface area contributed by atoms with Crippen LogP contribution in [0, 0.1) is 5.82 Å². The number of piperazine rings is 1. The summed E-state index contributed by atoms with van der Waals surface area (Å²) in [4.78, 5) is 35.0. The number of hydrogen-bond donors (Lipinski definition) is 2. The molecule has 12 heteroatoms. The van der Waals surface area contributed by atoms with Crippen LogP contribution in [-0.2, 0) is 27.9 Å². The van der Waals surface area contributed by atoms with Crippen LogP contribution in [-0.4, -0.2) is 111 Å². The third-order valence-electron chi connectivity index (χ3n) is 10.1. The van der Waals surface area contributed by atoms with Gasteiger partial charge >= 0.3 is 5.69 Å². The SMILES string of the molecule is C[C@@H]1CN(CC(=O)N2CC(C)(C)c3c2cc(Cc2ccc(F)cc2)c2nn(CC(C)(C)O)c(=O)n32)[C@@H](CN2C[C@H]3C[C@@H]2CO3)CN1. The molecule has 4 aliphatic rings. The molecule has 0 aliphatic carbocycles. The summed E-state index contributed by atoms with van der Waals surface area (Å²) in [6.07, 6.45) is 1.82. The van der Waals surface area contributed by atoms with Crippen LogP contribution < -0.4 is 15.9 Å². The number of aliphatic hydroxyl groups is 1. The number of halogens is 1. The van der Waals surface area contributed by atoms with Gasteiger partial charge in [-0.25, -0.2) is 18.3 Å². The fourth-order valence-corrected chi connectivity index (χ4v) is 7.92. The van der Waals surface area contributed by atoms with E-state index < -0.39 is 11.0 Å². The van der Waals surface area contributed by atoms with Gasteiger partial charge in [-0.05, 0) is 51.0 Å². The van der Waals surface area contributed by atoms with Gasteiger partial charge in [0.1, 0.15) is 5.82 Å². The molecule has 2 N–H and O–H groups in total. The number of anilines is 1. The van der Waals surface area contributed by atoms with Gasteiger partial charge in [0.15, 0.2) is 5.65 Å². The molecule has 248 valence electrons. The normalized spacial score (nSPS) is 26.4. The van der Waals surface area contributed by atoms with E-state index in [1.54, 1.807) is 30.4 Å². The number of hydrogen-bond acceptors (Lipinski definition) is 8. The third kappa shape index (κ3) is 5.90. The van der Waals surface area contributed by atoms with Gasteiger partial charge in [-0.15, -0.1) is 5.10 Å².